The van der Waals surface area contributed by atoms with E-state index >= 15 is 0 Å². The first-order valence-corrected chi connectivity index (χ1v) is 9.38. The SMILES string of the molecule is Cn1c(=O)cc(C2CCN(C(=O)OC(C)(C)C)CC2C(=O)O)c2ccccc21. The molecule has 7 heteroatoms. The van der Waals surface area contributed by atoms with Crippen LogP contribution in [0.2, 0.25) is 0 Å². The highest BCUT2D eigenvalue weighted by Crippen LogP contribution is 2.36. The Hall–Kier alpha value is -2.83. The first-order chi connectivity index (χ1) is 13.1. The minimum atomic E-state index is -0.983. The zero-order valence-electron chi connectivity index (χ0n) is 16.6. The third kappa shape index (κ3) is 3.88. The van der Waals surface area contributed by atoms with Gasteiger partial charge in [-0.2, -0.15) is 0 Å². The number of rotatable bonds is 2. The maximum absolute atomic E-state index is 12.4. The van der Waals surface area contributed by atoms with Gasteiger partial charge in [0.25, 0.3) is 5.56 Å². The standard InChI is InChI=1S/C21H26N2O5/c1-21(2,3)28-20(27)23-10-9-13(16(12-23)19(25)26)15-11-18(24)22(4)17-8-6-5-7-14(15)17/h5-8,11,13,16H,9-10,12H2,1-4H3,(H,25,26). The van der Waals surface area contributed by atoms with Gasteiger partial charge in [0.05, 0.1) is 11.4 Å². The molecule has 1 fully saturated rings. The number of nitrogens with zero attached hydrogens (tertiary/aromatic N) is 2. The van der Waals surface area contributed by atoms with E-state index in [4.69, 9.17) is 4.74 Å². The Morgan fingerprint density at radius 1 is 1.21 bits per heavy atom. The molecule has 1 aliphatic rings. The van der Waals surface area contributed by atoms with E-state index in [1.165, 1.54) is 11.0 Å². The van der Waals surface area contributed by atoms with Crippen molar-refractivity contribution in [3.8, 4) is 0 Å². The fraction of sp³-hybridized carbons (Fsp3) is 0.476. The van der Waals surface area contributed by atoms with Crippen molar-refractivity contribution < 1.29 is 19.4 Å². The highest BCUT2D eigenvalue weighted by Gasteiger charge is 2.39. The summed E-state index contributed by atoms with van der Waals surface area (Å²) in [6, 6.07) is 9.02. The van der Waals surface area contributed by atoms with Crippen molar-refractivity contribution in [3.05, 3.63) is 46.2 Å². The Balaban J connectivity index is 1.97. The van der Waals surface area contributed by atoms with Crippen molar-refractivity contribution in [2.24, 2.45) is 13.0 Å². The van der Waals surface area contributed by atoms with Gasteiger partial charge >= 0.3 is 12.1 Å². The number of aryl methyl sites for hydroxylation is 1. The fourth-order valence-corrected chi connectivity index (χ4v) is 3.81. The van der Waals surface area contributed by atoms with E-state index in [9.17, 15) is 19.5 Å². The van der Waals surface area contributed by atoms with Gasteiger partial charge < -0.3 is 19.3 Å². The van der Waals surface area contributed by atoms with Gasteiger partial charge in [0, 0.05) is 37.5 Å². The molecule has 3 rings (SSSR count). The molecule has 0 aliphatic carbocycles. The maximum atomic E-state index is 12.4. The van der Waals surface area contributed by atoms with E-state index in [0.29, 0.717) is 13.0 Å². The highest BCUT2D eigenvalue weighted by molar-refractivity contribution is 5.84. The average Bonchev–Trinajstić information content (AvgIpc) is 2.63. The summed E-state index contributed by atoms with van der Waals surface area (Å²) in [5.74, 6) is -2.14. The number of fused-ring (bicyclic) bond motifs is 1. The lowest BCUT2D eigenvalue weighted by Crippen LogP contribution is -2.47. The number of hydrogen-bond acceptors (Lipinski definition) is 4. The molecule has 1 saturated heterocycles. The van der Waals surface area contributed by atoms with Gasteiger partial charge in [-0.1, -0.05) is 18.2 Å². The number of ether oxygens (including phenoxy) is 1. The summed E-state index contributed by atoms with van der Waals surface area (Å²) < 4.78 is 6.95. The quantitative estimate of drug-likeness (QED) is 0.857. The van der Waals surface area contributed by atoms with Crippen LogP contribution in [0.5, 0.6) is 0 Å². The summed E-state index contributed by atoms with van der Waals surface area (Å²) in [4.78, 5) is 38.3. The maximum Gasteiger partial charge on any atom is 0.410 e. The normalized spacial score (nSPS) is 20.2. The van der Waals surface area contributed by atoms with Gasteiger partial charge in [0.2, 0.25) is 0 Å². The molecule has 0 radical (unpaired) electrons. The van der Waals surface area contributed by atoms with Crippen molar-refractivity contribution in [2.45, 2.75) is 38.7 Å². The molecule has 0 saturated carbocycles. The summed E-state index contributed by atoms with van der Waals surface area (Å²) >= 11 is 0. The molecule has 150 valence electrons. The number of carbonyl (C=O) groups is 2. The van der Waals surface area contributed by atoms with Gasteiger partial charge in [-0.15, -0.1) is 0 Å². The van der Waals surface area contributed by atoms with E-state index in [2.05, 4.69) is 0 Å². The van der Waals surface area contributed by atoms with E-state index in [-0.39, 0.29) is 18.0 Å². The van der Waals surface area contributed by atoms with Crippen molar-refractivity contribution in [2.75, 3.05) is 13.1 Å². The van der Waals surface area contributed by atoms with Crippen molar-refractivity contribution >= 4 is 23.0 Å². The lowest BCUT2D eigenvalue weighted by Gasteiger charge is -2.37. The lowest BCUT2D eigenvalue weighted by atomic mass is 9.79. The van der Waals surface area contributed by atoms with Crippen molar-refractivity contribution in [1.29, 1.82) is 0 Å². The van der Waals surface area contributed by atoms with Crippen molar-refractivity contribution in [3.63, 3.8) is 0 Å². The topological polar surface area (TPSA) is 88.8 Å². The van der Waals surface area contributed by atoms with Gasteiger partial charge in [0.15, 0.2) is 0 Å². The second kappa shape index (κ2) is 7.30. The number of para-hydroxylation sites is 1. The Morgan fingerprint density at radius 3 is 2.54 bits per heavy atom. The molecule has 1 N–H and O–H groups in total. The number of pyridine rings is 1. The molecular formula is C21H26N2O5. The molecule has 0 spiro atoms. The smallest absolute Gasteiger partial charge is 0.410 e. The van der Waals surface area contributed by atoms with Crippen LogP contribution in [0, 0.1) is 5.92 Å². The number of hydrogen-bond donors (Lipinski definition) is 1. The Labute approximate surface area is 163 Å². The van der Waals surface area contributed by atoms with Crippen LogP contribution in [-0.2, 0) is 16.6 Å². The van der Waals surface area contributed by atoms with Crippen LogP contribution in [-0.4, -0.2) is 45.3 Å². The number of carbonyl (C=O) groups excluding carboxylic acids is 1. The summed E-state index contributed by atoms with van der Waals surface area (Å²) in [7, 11) is 1.70. The first-order valence-electron chi connectivity index (χ1n) is 9.38. The number of benzene rings is 1. The van der Waals surface area contributed by atoms with E-state index < -0.39 is 23.6 Å². The molecule has 0 bridgehead atoms. The third-order valence-corrected chi connectivity index (χ3v) is 5.17. The average molecular weight is 386 g/mol. The highest BCUT2D eigenvalue weighted by atomic mass is 16.6. The second-order valence-electron chi connectivity index (χ2n) is 8.28. The molecule has 2 atom stereocenters. The number of aliphatic carboxylic acids is 1. The minimum absolute atomic E-state index is 0.0540. The van der Waals surface area contributed by atoms with Crippen LogP contribution in [0.15, 0.2) is 35.1 Å². The number of piperidine rings is 1. The summed E-state index contributed by atoms with van der Waals surface area (Å²) in [5, 5.41) is 10.7. The Bertz CT molecular complexity index is 973. The largest absolute Gasteiger partial charge is 0.481 e. The summed E-state index contributed by atoms with van der Waals surface area (Å²) in [6.45, 7) is 5.76. The predicted octanol–water partition coefficient (Wildman–Crippen LogP) is 2.96. The van der Waals surface area contributed by atoms with Gasteiger partial charge in [-0.05, 0) is 38.8 Å². The van der Waals surface area contributed by atoms with E-state index in [1.54, 1.807) is 32.4 Å². The zero-order chi connectivity index (χ0) is 20.6. The molecular weight excluding hydrogens is 360 g/mol. The molecule has 2 heterocycles. The number of carboxylic acid groups (broad SMARTS) is 1. The lowest BCUT2D eigenvalue weighted by molar-refractivity contribution is -0.144. The second-order valence-corrected chi connectivity index (χ2v) is 8.28. The zero-order valence-corrected chi connectivity index (χ0v) is 16.6. The van der Waals surface area contributed by atoms with Crippen LogP contribution in [0.4, 0.5) is 4.79 Å². The molecule has 28 heavy (non-hydrogen) atoms. The van der Waals surface area contributed by atoms with Gasteiger partial charge in [-0.25, -0.2) is 4.79 Å². The minimum Gasteiger partial charge on any atom is -0.481 e. The van der Waals surface area contributed by atoms with E-state index in [0.717, 1.165) is 16.5 Å². The van der Waals surface area contributed by atoms with Crippen LogP contribution >= 0.6 is 0 Å². The molecule has 2 aromatic rings. The van der Waals surface area contributed by atoms with Crippen LogP contribution < -0.4 is 5.56 Å². The molecule has 1 aliphatic heterocycles. The first kappa shape index (κ1) is 19.9. The van der Waals surface area contributed by atoms with Gasteiger partial charge in [0.1, 0.15) is 5.60 Å². The predicted molar refractivity (Wildman–Crippen MR) is 105 cm³/mol. The van der Waals surface area contributed by atoms with Crippen LogP contribution in [0.25, 0.3) is 10.9 Å². The molecule has 1 amide bonds. The van der Waals surface area contributed by atoms with Crippen molar-refractivity contribution in [1.82, 2.24) is 9.47 Å². The monoisotopic (exact) mass is 386 g/mol. The molecule has 2 unspecified atom stereocenters. The number of likely N-dealkylation sites (tertiary alicyclic amines) is 1. The fourth-order valence-electron chi connectivity index (χ4n) is 3.81. The van der Waals surface area contributed by atoms with Gasteiger partial charge in [-0.3, -0.25) is 9.59 Å². The Kier molecular flexibility index (Phi) is 5.19. The Morgan fingerprint density at radius 2 is 1.89 bits per heavy atom. The van der Waals surface area contributed by atoms with E-state index in [1.807, 2.05) is 24.3 Å². The number of aromatic nitrogens is 1. The molecule has 1 aromatic heterocycles. The van der Waals surface area contributed by atoms with Crippen LogP contribution in [0.1, 0.15) is 38.7 Å². The molecule has 7 nitrogen and oxygen atoms in total. The molecule has 1 aromatic carbocycles. The summed E-state index contributed by atoms with van der Waals surface area (Å²) in [5.41, 5.74) is 0.681. The third-order valence-electron chi connectivity index (χ3n) is 5.17. The van der Waals surface area contributed by atoms with Crippen LogP contribution in [0.3, 0.4) is 0 Å². The number of carboxylic acids is 1. The summed E-state index contributed by atoms with van der Waals surface area (Å²) in [6.07, 6.45) is -0.0565. The number of amides is 1.